The smallest absolute Gasteiger partial charge is 0.319 e. The second-order valence-electron chi connectivity index (χ2n) is 5.49. The molecule has 4 nitrogen and oxygen atoms in total. The predicted molar refractivity (Wildman–Crippen MR) is 78.4 cm³/mol. The number of aliphatic hydroxyl groups excluding tert-OH is 1. The quantitative estimate of drug-likeness (QED) is 0.766. The number of hydrogen-bond acceptors (Lipinski definition) is 2. The molecule has 19 heavy (non-hydrogen) atoms. The highest BCUT2D eigenvalue weighted by Crippen LogP contribution is 2.13. The molecule has 0 fully saturated rings. The minimum absolute atomic E-state index is 0.273. The van der Waals surface area contributed by atoms with Crippen LogP contribution in [-0.2, 0) is 0 Å². The first-order valence-corrected chi connectivity index (χ1v) is 6.68. The number of carbonyl (C=O) groups excluding carboxylic acids is 1. The van der Waals surface area contributed by atoms with Gasteiger partial charge in [0.05, 0.1) is 6.10 Å². The third kappa shape index (κ3) is 6.25. The Morgan fingerprint density at radius 2 is 1.79 bits per heavy atom. The third-order valence-electron chi connectivity index (χ3n) is 2.72. The molecule has 0 saturated carbocycles. The minimum atomic E-state index is -0.495. The van der Waals surface area contributed by atoms with Crippen LogP contribution in [0.25, 0.3) is 0 Å². The van der Waals surface area contributed by atoms with Crippen molar-refractivity contribution in [2.75, 3.05) is 11.9 Å². The van der Waals surface area contributed by atoms with Crippen molar-refractivity contribution in [3.8, 4) is 0 Å². The minimum Gasteiger partial charge on any atom is -0.391 e. The number of nitrogens with one attached hydrogen (secondary N) is 2. The molecular weight excluding hydrogens is 240 g/mol. The molecule has 0 bridgehead atoms. The lowest BCUT2D eigenvalue weighted by molar-refractivity contribution is 0.148. The van der Waals surface area contributed by atoms with Gasteiger partial charge in [-0.2, -0.15) is 0 Å². The Hall–Kier alpha value is -1.55. The summed E-state index contributed by atoms with van der Waals surface area (Å²) < 4.78 is 0. The average Bonchev–Trinajstić information content (AvgIpc) is 2.23. The summed E-state index contributed by atoms with van der Waals surface area (Å²) in [6, 6.07) is 5.59. The van der Waals surface area contributed by atoms with E-state index in [0.717, 1.165) is 16.8 Å². The summed E-state index contributed by atoms with van der Waals surface area (Å²) >= 11 is 0. The lowest BCUT2D eigenvalue weighted by Crippen LogP contribution is -2.35. The van der Waals surface area contributed by atoms with E-state index in [9.17, 15) is 9.90 Å². The zero-order valence-electron chi connectivity index (χ0n) is 12.2. The number of aryl methyl sites for hydroxylation is 2. The van der Waals surface area contributed by atoms with Crippen molar-refractivity contribution in [3.05, 3.63) is 29.3 Å². The van der Waals surface area contributed by atoms with Crippen molar-refractivity contribution in [2.24, 2.45) is 5.92 Å². The van der Waals surface area contributed by atoms with Crippen LogP contribution in [0.2, 0.25) is 0 Å². The van der Waals surface area contributed by atoms with Crippen LogP contribution in [0.3, 0.4) is 0 Å². The summed E-state index contributed by atoms with van der Waals surface area (Å²) in [5.41, 5.74) is 2.98. The Morgan fingerprint density at radius 3 is 2.32 bits per heavy atom. The first-order valence-electron chi connectivity index (χ1n) is 6.68. The Kier molecular flexibility index (Phi) is 5.83. The van der Waals surface area contributed by atoms with E-state index in [0.29, 0.717) is 12.3 Å². The van der Waals surface area contributed by atoms with Gasteiger partial charge in [0.15, 0.2) is 0 Å². The van der Waals surface area contributed by atoms with Gasteiger partial charge in [-0.15, -0.1) is 0 Å². The molecule has 1 aromatic carbocycles. The van der Waals surface area contributed by atoms with Crippen molar-refractivity contribution in [3.63, 3.8) is 0 Å². The van der Waals surface area contributed by atoms with Crippen LogP contribution in [0.15, 0.2) is 18.2 Å². The van der Waals surface area contributed by atoms with Crippen LogP contribution in [0.1, 0.15) is 31.4 Å². The second kappa shape index (κ2) is 7.14. The number of rotatable bonds is 5. The number of hydrogen-bond donors (Lipinski definition) is 3. The molecular formula is C15H24N2O2. The predicted octanol–water partition coefficient (Wildman–Crippen LogP) is 2.83. The molecule has 0 aromatic heterocycles. The summed E-state index contributed by atoms with van der Waals surface area (Å²) in [6.07, 6.45) is 0.189. The molecule has 2 amide bonds. The summed E-state index contributed by atoms with van der Waals surface area (Å²) in [5, 5.41) is 15.1. The summed E-state index contributed by atoms with van der Waals surface area (Å²) in [5.74, 6) is 0.416. The maximum Gasteiger partial charge on any atom is 0.319 e. The fourth-order valence-corrected chi connectivity index (χ4v) is 2.06. The Labute approximate surface area is 115 Å². The lowest BCUT2D eigenvalue weighted by atomic mass is 10.1. The standard InChI is InChI=1S/C15H24N2O2/c1-10(2)5-14(18)9-16-15(19)17-13-7-11(3)6-12(4)8-13/h6-8,10,14,18H,5,9H2,1-4H3,(H2,16,17,19). The van der Waals surface area contributed by atoms with E-state index in [-0.39, 0.29) is 12.6 Å². The van der Waals surface area contributed by atoms with E-state index in [2.05, 4.69) is 16.7 Å². The number of carbonyl (C=O) groups is 1. The number of urea groups is 1. The molecule has 106 valence electrons. The van der Waals surface area contributed by atoms with E-state index < -0.39 is 6.10 Å². The number of benzene rings is 1. The van der Waals surface area contributed by atoms with Crippen LogP contribution in [-0.4, -0.2) is 23.8 Å². The molecule has 3 N–H and O–H groups in total. The van der Waals surface area contributed by atoms with E-state index >= 15 is 0 Å². The van der Waals surface area contributed by atoms with Gasteiger partial charge >= 0.3 is 6.03 Å². The fourth-order valence-electron chi connectivity index (χ4n) is 2.06. The van der Waals surface area contributed by atoms with Gasteiger partial charge < -0.3 is 15.7 Å². The Morgan fingerprint density at radius 1 is 1.21 bits per heavy atom. The van der Waals surface area contributed by atoms with Crippen molar-refractivity contribution in [2.45, 2.75) is 40.2 Å². The summed E-state index contributed by atoms with van der Waals surface area (Å²) in [7, 11) is 0. The van der Waals surface area contributed by atoms with Crippen LogP contribution in [0.4, 0.5) is 10.5 Å². The maximum absolute atomic E-state index is 11.7. The topological polar surface area (TPSA) is 61.4 Å². The first kappa shape index (κ1) is 15.5. The lowest BCUT2D eigenvalue weighted by Gasteiger charge is -2.14. The van der Waals surface area contributed by atoms with Crippen LogP contribution >= 0.6 is 0 Å². The molecule has 1 unspecified atom stereocenters. The SMILES string of the molecule is Cc1cc(C)cc(NC(=O)NCC(O)CC(C)C)c1. The van der Waals surface area contributed by atoms with Gasteiger partial charge in [0.2, 0.25) is 0 Å². The second-order valence-corrected chi connectivity index (χ2v) is 5.49. The number of anilines is 1. The molecule has 1 rings (SSSR count). The number of aliphatic hydroxyl groups is 1. The maximum atomic E-state index is 11.7. The zero-order chi connectivity index (χ0) is 14.4. The van der Waals surface area contributed by atoms with Gasteiger partial charge in [-0.3, -0.25) is 0 Å². The van der Waals surface area contributed by atoms with Crippen LogP contribution in [0, 0.1) is 19.8 Å². The highest BCUT2D eigenvalue weighted by Gasteiger charge is 2.09. The molecule has 4 heteroatoms. The van der Waals surface area contributed by atoms with Crippen molar-refractivity contribution < 1.29 is 9.90 Å². The monoisotopic (exact) mass is 264 g/mol. The molecule has 1 atom stereocenters. The van der Waals surface area contributed by atoms with E-state index in [1.165, 1.54) is 0 Å². The van der Waals surface area contributed by atoms with Crippen LogP contribution in [0.5, 0.6) is 0 Å². The van der Waals surface area contributed by atoms with Gasteiger partial charge in [-0.05, 0) is 49.4 Å². The molecule has 0 heterocycles. The van der Waals surface area contributed by atoms with Crippen LogP contribution < -0.4 is 10.6 Å². The average molecular weight is 264 g/mol. The van der Waals surface area contributed by atoms with Crippen molar-refractivity contribution >= 4 is 11.7 Å². The normalized spacial score (nSPS) is 12.3. The number of amides is 2. The van der Waals surface area contributed by atoms with Gasteiger partial charge in [-0.1, -0.05) is 19.9 Å². The van der Waals surface area contributed by atoms with Gasteiger partial charge in [0, 0.05) is 12.2 Å². The van der Waals surface area contributed by atoms with Gasteiger partial charge in [-0.25, -0.2) is 4.79 Å². The largest absolute Gasteiger partial charge is 0.391 e. The Balaban J connectivity index is 2.42. The molecule has 0 aliphatic carbocycles. The summed E-state index contributed by atoms with van der Waals surface area (Å²) in [4.78, 5) is 11.7. The summed E-state index contributed by atoms with van der Waals surface area (Å²) in [6.45, 7) is 8.33. The third-order valence-corrected chi connectivity index (χ3v) is 2.72. The Bertz CT molecular complexity index is 410. The molecule has 0 aliphatic heterocycles. The zero-order valence-corrected chi connectivity index (χ0v) is 12.2. The molecule has 0 spiro atoms. The molecule has 1 aromatic rings. The van der Waals surface area contributed by atoms with E-state index in [1.54, 1.807) is 0 Å². The van der Waals surface area contributed by atoms with Gasteiger partial charge in [0.1, 0.15) is 0 Å². The fraction of sp³-hybridized carbons (Fsp3) is 0.533. The molecule has 0 saturated heterocycles. The van der Waals surface area contributed by atoms with E-state index in [1.807, 2.05) is 39.8 Å². The van der Waals surface area contributed by atoms with Gasteiger partial charge in [0.25, 0.3) is 0 Å². The molecule has 0 aliphatic rings. The highest BCUT2D eigenvalue weighted by molar-refractivity contribution is 5.89. The van der Waals surface area contributed by atoms with E-state index in [4.69, 9.17) is 0 Å². The van der Waals surface area contributed by atoms with Crippen molar-refractivity contribution in [1.82, 2.24) is 5.32 Å². The van der Waals surface area contributed by atoms with Crippen molar-refractivity contribution in [1.29, 1.82) is 0 Å². The first-order chi connectivity index (χ1) is 8.86. The highest BCUT2D eigenvalue weighted by atomic mass is 16.3. The molecule has 0 radical (unpaired) electrons.